The quantitative estimate of drug-likeness (QED) is 0.330. The lowest BCUT2D eigenvalue weighted by Gasteiger charge is -2.33. The van der Waals surface area contributed by atoms with E-state index in [1.54, 1.807) is 52.4 Å². The van der Waals surface area contributed by atoms with Crippen LogP contribution in [-0.2, 0) is 4.74 Å². The SMILES string of the molecule is CC(C)(C)OC(=O)N1CCC(C(=N)c2ccc3cnc(Nc4ccc(-n5cccn5)cc4F)cc3n2)CC1. The number of carbonyl (C=O) groups excluding carboxylic acids is 1. The number of carbonyl (C=O) groups is 1. The molecule has 1 saturated heterocycles. The summed E-state index contributed by atoms with van der Waals surface area (Å²) in [6.45, 7) is 6.63. The molecule has 0 spiro atoms. The molecule has 1 aromatic carbocycles. The zero-order valence-corrected chi connectivity index (χ0v) is 21.6. The van der Waals surface area contributed by atoms with Crippen LogP contribution < -0.4 is 5.32 Å². The Balaban J connectivity index is 1.27. The second-order valence-corrected chi connectivity index (χ2v) is 10.4. The molecule has 0 bridgehead atoms. The number of piperidine rings is 1. The van der Waals surface area contributed by atoms with Gasteiger partial charge in [-0.15, -0.1) is 0 Å². The lowest BCUT2D eigenvalue weighted by atomic mass is 9.90. The first-order chi connectivity index (χ1) is 18.2. The normalized spacial score (nSPS) is 14.5. The van der Waals surface area contributed by atoms with Gasteiger partial charge in [-0.2, -0.15) is 5.10 Å². The molecule has 38 heavy (non-hydrogen) atoms. The molecule has 1 aliphatic heterocycles. The lowest BCUT2D eigenvalue weighted by molar-refractivity contribution is 0.0201. The maximum Gasteiger partial charge on any atom is 0.410 e. The van der Waals surface area contributed by atoms with Crippen molar-refractivity contribution < 1.29 is 13.9 Å². The van der Waals surface area contributed by atoms with Gasteiger partial charge in [-0.25, -0.2) is 23.8 Å². The minimum absolute atomic E-state index is 0.000432. The van der Waals surface area contributed by atoms with E-state index in [4.69, 9.17) is 15.1 Å². The van der Waals surface area contributed by atoms with E-state index >= 15 is 0 Å². The molecule has 2 N–H and O–H groups in total. The summed E-state index contributed by atoms with van der Waals surface area (Å²) in [5, 5.41) is 16.7. The number of rotatable bonds is 5. The minimum atomic E-state index is -0.534. The number of ether oxygens (including phenoxy) is 1. The molecule has 0 radical (unpaired) electrons. The number of benzene rings is 1. The van der Waals surface area contributed by atoms with Gasteiger partial charge in [0, 0.05) is 55.1 Å². The lowest BCUT2D eigenvalue weighted by Crippen LogP contribution is -2.43. The molecule has 1 fully saturated rings. The maximum atomic E-state index is 14.8. The largest absolute Gasteiger partial charge is 0.444 e. The molecule has 4 aromatic rings. The Morgan fingerprint density at radius 3 is 2.63 bits per heavy atom. The van der Waals surface area contributed by atoms with Crippen LogP contribution in [0.15, 0.2) is 61.1 Å². The molecular weight excluding hydrogens is 485 g/mol. The van der Waals surface area contributed by atoms with E-state index in [-0.39, 0.29) is 17.7 Å². The number of likely N-dealkylation sites (tertiary alicyclic amines) is 1. The van der Waals surface area contributed by atoms with Crippen molar-refractivity contribution in [2.24, 2.45) is 5.92 Å². The zero-order chi connectivity index (χ0) is 26.9. The molecule has 0 aliphatic carbocycles. The smallest absolute Gasteiger partial charge is 0.410 e. The molecule has 5 rings (SSSR count). The first kappa shape index (κ1) is 25.3. The molecule has 0 saturated carbocycles. The highest BCUT2D eigenvalue weighted by atomic mass is 19.1. The Labute approximate surface area is 220 Å². The third kappa shape index (κ3) is 5.64. The van der Waals surface area contributed by atoms with E-state index in [0.29, 0.717) is 54.4 Å². The average Bonchev–Trinajstić information content (AvgIpc) is 3.43. The van der Waals surface area contributed by atoms with Crippen LogP contribution in [0.5, 0.6) is 0 Å². The highest BCUT2D eigenvalue weighted by Gasteiger charge is 2.29. The number of amides is 1. The summed E-state index contributed by atoms with van der Waals surface area (Å²) < 4.78 is 21.8. The van der Waals surface area contributed by atoms with Gasteiger partial charge in [0.05, 0.1) is 28.3 Å². The number of anilines is 2. The predicted molar refractivity (Wildman–Crippen MR) is 144 cm³/mol. The third-order valence-electron chi connectivity index (χ3n) is 6.39. The van der Waals surface area contributed by atoms with Crippen LogP contribution in [0.25, 0.3) is 16.6 Å². The molecule has 3 aromatic heterocycles. The zero-order valence-electron chi connectivity index (χ0n) is 21.6. The number of hydrogen-bond donors (Lipinski definition) is 2. The van der Waals surface area contributed by atoms with Gasteiger partial charge in [0.2, 0.25) is 0 Å². The highest BCUT2D eigenvalue weighted by Crippen LogP contribution is 2.26. The number of pyridine rings is 2. The second kappa shape index (κ2) is 10.2. The molecule has 0 atom stereocenters. The van der Waals surface area contributed by atoms with Crippen LogP contribution in [0.3, 0.4) is 0 Å². The van der Waals surface area contributed by atoms with E-state index in [1.807, 2.05) is 32.9 Å². The van der Waals surface area contributed by atoms with Crippen molar-refractivity contribution in [3.8, 4) is 5.69 Å². The molecule has 10 heteroatoms. The Morgan fingerprint density at radius 2 is 1.95 bits per heavy atom. The van der Waals surface area contributed by atoms with Gasteiger partial charge >= 0.3 is 6.09 Å². The van der Waals surface area contributed by atoms with Gasteiger partial charge < -0.3 is 20.4 Å². The van der Waals surface area contributed by atoms with Gasteiger partial charge in [0.25, 0.3) is 0 Å². The summed E-state index contributed by atoms with van der Waals surface area (Å²) in [6.07, 6.45) is 6.09. The fraction of sp³-hybridized carbons (Fsp3) is 0.321. The molecule has 4 heterocycles. The summed E-state index contributed by atoms with van der Waals surface area (Å²) in [7, 11) is 0. The minimum Gasteiger partial charge on any atom is -0.444 e. The molecular formula is C28H30FN7O2. The number of nitrogens with zero attached hydrogens (tertiary/aromatic N) is 5. The van der Waals surface area contributed by atoms with Crippen LogP contribution in [-0.4, -0.2) is 55.1 Å². The number of aromatic nitrogens is 4. The summed E-state index contributed by atoms with van der Waals surface area (Å²) in [4.78, 5) is 23.2. The van der Waals surface area contributed by atoms with Crippen molar-refractivity contribution in [3.05, 3.63) is 72.6 Å². The summed E-state index contributed by atoms with van der Waals surface area (Å²) in [5.74, 6) is 0.0201. The third-order valence-corrected chi connectivity index (χ3v) is 6.39. The number of hydrogen-bond acceptors (Lipinski definition) is 7. The average molecular weight is 516 g/mol. The van der Waals surface area contributed by atoms with Crippen molar-refractivity contribution in [2.75, 3.05) is 18.4 Å². The standard InChI is InChI=1S/C28H30FN7O2/c1-28(2,3)38-27(37)35-13-9-18(10-14-35)26(30)23-7-5-19-17-31-25(16-24(19)33-23)34-22-8-6-20(15-21(22)29)36-12-4-11-32-36/h4-8,11-12,15-18,30H,9-10,13-14H2,1-3H3,(H,31,34). The summed E-state index contributed by atoms with van der Waals surface area (Å²) in [6, 6.07) is 12.1. The van der Waals surface area contributed by atoms with Crippen molar-refractivity contribution >= 4 is 34.2 Å². The Kier molecular flexibility index (Phi) is 6.79. The fourth-order valence-electron chi connectivity index (χ4n) is 4.43. The summed E-state index contributed by atoms with van der Waals surface area (Å²) in [5.41, 5.74) is 2.06. The molecule has 196 valence electrons. The van der Waals surface area contributed by atoms with Crippen LogP contribution in [0.1, 0.15) is 39.3 Å². The van der Waals surface area contributed by atoms with Gasteiger partial charge in [-0.1, -0.05) is 0 Å². The van der Waals surface area contributed by atoms with Crippen LogP contribution >= 0.6 is 0 Å². The Morgan fingerprint density at radius 1 is 1.16 bits per heavy atom. The number of fused-ring (bicyclic) bond motifs is 1. The Hall–Kier alpha value is -4.34. The van der Waals surface area contributed by atoms with E-state index in [2.05, 4.69) is 15.4 Å². The molecule has 1 aliphatic rings. The van der Waals surface area contributed by atoms with Crippen molar-refractivity contribution in [1.82, 2.24) is 24.6 Å². The highest BCUT2D eigenvalue weighted by molar-refractivity contribution is 6.00. The van der Waals surface area contributed by atoms with Gasteiger partial charge in [0.1, 0.15) is 17.2 Å². The van der Waals surface area contributed by atoms with E-state index in [0.717, 1.165) is 5.39 Å². The molecule has 1 amide bonds. The first-order valence-electron chi connectivity index (χ1n) is 12.6. The molecule has 0 unspecified atom stereocenters. The van der Waals surface area contributed by atoms with Gasteiger partial charge in [-0.05, 0) is 63.9 Å². The predicted octanol–water partition coefficient (Wildman–Crippen LogP) is 5.71. The van der Waals surface area contributed by atoms with Crippen molar-refractivity contribution in [2.45, 2.75) is 39.2 Å². The molecule has 9 nitrogen and oxygen atoms in total. The van der Waals surface area contributed by atoms with Crippen LogP contribution in [0.2, 0.25) is 0 Å². The van der Waals surface area contributed by atoms with Crippen molar-refractivity contribution in [3.63, 3.8) is 0 Å². The van der Waals surface area contributed by atoms with Gasteiger partial charge in [-0.3, -0.25) is 0 Å². The monoisotopic (exact) mass is 515 g/mol. The summed E-state index contributed by atoms with van der Waals surface area (Å²) >= 11 is 0. The number of nitrogens with one attached hydrogen (secondary N) is 2. The van der Waals surface area contributed by atoms with Crippen LogP contribution in [0.4, 0.5) is 20.7 Å². The Bertz CT molecular complexity index is 1470. The fourth-order valence-corrected chi connectivity index (χ4v) is 4.43. The number of halogens is 1. The van der Waals surface area contributed by atoms with E-state index in [9.17, 15) is 9.18 Å². The van der Waals surface area contributed by atoms with Crippen molar-refractivity contribution in [1.29, 1.82) is 5.41 Å². The van der Waals surface area contributed by atoms with E-state index in [1.165, 1.54) is 6.07 Å². The maximum absolute atomic E-state index is 14.8. The topological polar surface area (TPSA) is 109 Å². The van der Waals surface area contributed by atoms with Gasteiger partial charge in [0.15, 0.2) is 0 Å². The second-order valence-electron chi connectivity index (χ2n) is 10.4. The van der Waals surface area contributed by atoms with Crippen LogP contribution in [0, 0.1) is 17.1 Å². The van der Waals surface area contributed by atoms with E-state index < -0.39 is 11.4 Å². The first-order valence-corrected chi connectivity index (χ1v) is 12.6.